The second-order valence-electron chi connectivity index (χ2n) is 5.38. The SMILES string of the molecule is CC1C=C(Oc2cnc(C=O)c3ccccc23)N=CC(C(N)=O)=C1.CN. The number of hydrogen-bond donors (Lipinski definition) is 2. The molecule has 1 unspecified atom stereocenters. The molecule has 1 aliphatic rings. The van der Waals surface area contributed by atoms with E-state index in [1.165, 1.54) is 19.5 Å². The molecule has 1 amide bonds. The second-order valence-corrected chi connectivity index (χ2v) is 5.38. The molecule has 26 heavy (non-hydrogen) atoms. The average molecular weight is 352 g/mol. The standard InChI is InChI=1S/C18H15N3O3.CH5N/c1-11-6-12(18(19)23)8-21-17(7-11)24-16-9-20-15(10-22)13-4-2-3-5-14(13)16;1-2/h2-11H,1H3,(H2,19,23);2H2,1H3. The number of amides is 1. The molecule has 2 aromatic rings. The topological polar surface area (TPSA) is 121 Å². The molecule has 1 aliphatic heterocycles. The van der Waals surface area contributed by atoms with Crippen molar-refractivity contribution in [3.63, 3.8) is 0 Å². The summed E-state index contributed by atoms with van der Waals surface area (Å²) in [6.45, 7) is 1.90. The van der Waals surface area contributed by atoms with Crippen LogP contribution in [-0.4, -0.2) is 30.4 Å². The Morgan fingerprint density at radius 2 is 1.88 bits per heavy atom. The van der Waals surface area contributed by atoms with E-state index in [0.717, 1.165) is 5.39 Å². The fraction of sp³-hybridized carbons (Fsp3) is 0.158. The van der Waals surface area contributed by atoms with Crippen LogP contribution in [0.1, 0.15) is 17.4 Å². The quantitative estimate of drug-likeness (QED) is 0.815. The van der Waals surface area contributed by atoms with Crippen LogP contribution < -0.4 is 16.2 Å². The van der Waals surface area contributed by atoms with Gasteiger partial charge in [0.1, 0.15) is 5.69 Å². The molecule has 1 aromatic heterocycles. The van der Waals surface area contributed by atoms with Gasteiger partial charge in [-0.1, -0.05) is 37.3 Å². The van der Waals surface area contributed by atoms with Gasteiger partial charge in [0, 0.05) is 17.0 Å². The smallest absolute Gasteiger partial charge is 0.249 e. The van der Waals surface area contributed by atoms with Crippen LogP contribution in [-0.2, 0) is 4.79 Å². The van der Waals surface area contributed by atoms with Crippen molar-refractivity contribution in [3.05, 3.63) is 59.8 Å². The van der Waals surface area contributed by atoms with E-state index in [-0.39, 0.29) is 5.92 Å². The monoisotopic (exact) mass is 352 g/mol. The molecule has 1 aromatic carbocycles. The molecule has 7 heteroatoms. The van der Waals surface area contributed by atoms with E-state index in [4.69, 9.17) is 10.5 Å². The third-order valence-corrected chi connectivity index (χ3v) is 3.58. The number of rotatable bonds is 4. The van der Waals surface area contributed by atoms with Gasteiger partial charge in [0.2, 0.25) is 11.8 Å². The number of nitrogens with zero attached hydrogens (tertiary/aromatic N) is 2. The largest absolute Gasteiger partial charge is 0.437 e. The molecule has 1 atom stereocenters. The molecular weight excluding hydrogens is 332 g/mol. The molecule has 3 rings (SSSR count). The highest BCUT2D eigenvalue weighted by Crippen LogP contribution is 2.28. The fourth-order valence-corrected chi connectivity index (χ4v) is 2.46. The van der Waals surface area contributed by atoms with Crippen LogP contribution in [0, 0.1) is 5.92 Å². The molecule has 7 nitrogen and oxygen atoms in total. The van der Waals surface area contributed by atoms with Gasteiger partial charge < -0.3 is 16.2 Å². The number of carbonyl (C=O) groups excluding carboxylic acids is 2. The Balaban J connectivity index is 0.00000117. The third-order valence-electron chi connectivity index (χ3n) is 3.58. The number of allylic oxidation sites excluding steroid dienone is 2. The predicted molar refractivity (Wildman–Crippen MR) is 101 cm³/mol. The zero-order valence-electron chi connectivity index (χ0n) is 14.5. The lowest BCUT2D eigenvalue weighted by Crippen LogP contribution is -2.15. The zero-order valence-corrected chi connectivity index (χ0v) is 14.5. The first-order chi connectivity index (χ1) is 12.6. The summed E-state index contributed by atoms with van der Waals surface area (Å²) in [5.74, 6) is 0.205. The third kappa shape index (κ3) is 4.20. The number of fused-ring (bicyclic) bond motifs is 1. The average Bonchev–Trinajstić information content (AvgIpc) is 2.85. The van der Waals surface area contributed by atoms with Gasteiger partial charge in [-0.2, -0.15) is 0 Å². The van der Waals surface area contributed by atoms with Gasteiger partial charge in [-0.3, -0.25) is 9.59 Å². The maximum atomic E-state index is 11.3. The number of aliphatic imine (C=N–C) groups is 1. The van der Waals surface area contributed by atoms with E-state index < -0.39 is 5.91 Å². The molecule has 0 saturated heterocycles. The number of hydrogen-bond acceptors (Lipinski definition) is 6. The minimum Gasteiger partial charge on any atom is -0.437 e. The van der Waals surface area contributed by atoms with Crippen molar-refractivity contribution in [3.8, 4) is 5.75 Å². The van der Waals surface area contributed by atoms with Crippen molar-refractivity contribution in [2.24, 2.45) is 22.4 Å². The first-order valence-corrected chi connectivity index (χ1v) is 7.94. The number of aldehydes is 1. The van der Waals surface area contributed by atoms with Crippen molar-refractivity contribution >= 4 is 29.2 Å². The van der Waals surface area contributed by atoms with Crippen molar-refractivity contribution in [2.45, 2.75) is 6.92 Å². The summed E-state index contributed by atoms with van der Waals surface area (Å²) in [5, 5.41) is 1.46. The maximum Gasteiger partial charge on any atom is 0.249 e. The minimum absolute atomic E-state index is 0.0709. The van der Waals surface area contributed by atoms with Gasteiger partial charge in [-0.05, 0) is 19.0 Å². The van der Waals surface area contributed by atoms with Crippen molar-refractivity contribution in [1.82, 2.24) is 4.98 Å². The van der Waals surface area contributed by atoms with Crippen LogP contribution in [0.3, 0.4) is 0 Å². The Kier molecular flexibility index (Phi) is 6.35. The highest BCUT2D eigenvalue weighted by Gasteiger charge is 2.13. The van der Waals surface area contributed by atoms with E-state index in [1.54, 1.807) is 18.2 Å². The van der Waals surface area contributed by atoms with E-state index >= 15 is 0 Å². The second kappa shape index (κ2) is 8.68. The van der Waals surface area contributed by atoms with Crippen LogP contribution in [0.15, 0.2) is 59.1 Å². The Hall–Kier alpha value is -3.32. The van der Waals surface area contributed by atoms with Gasteiger partial charge in [-0.15, -0.1) is 0 Å². The number of aromatic nitrogens is 1. The van der Waals surface area contributed by atoms with Crippen molar-refractivity contribution in [2.75, 3.05) is 7.05 Å². The van der Waals surface area contributed by atoms with Gasteiger partial charge in [-0.25, -0.2) is 9.98 Å². The first-order valence-electron chi connectivity index (χ1n) is 7.94. The lowest BCUT2D eigenvalue weighted by molar-refractivity contribution is -0.114. The first kappa shape index (κ1) is 19.0. The normalized spacial score (nSPS) is 15.9. The summed E-state index contributed by atoms with van der Waals surface area (Å²) in [4.78, 5) is 30.7. The number of ether oxygens (including phenoxy) is 1. The van der Waals surface area contributed by atoms with Crippen LogP contribution in [0.4, 0.5) is 0 Å². The highest BCUT2D eigenvalue weighted by molar-refractivity contribution is 6.11. The summed E-state index contributed by atoms with van der Waals surface area (Å²) in [7, 11) is 1.50. The van der Waals surface area contributed by atoms with Gasteiger partial charge in [0.05, 0.1) is 11.8 Å². The molecule has 0 aliphatic carbocycles. The number of primary amides is 1. The van der Waals surface area contributed by atoms with Crippen LogP contribution in [0.25, 0.3) is 10.8 Å². The molecule has 0 spiro atoms. The summed E-state index contributed by atoms with van der Waals surface area (Å²) in [5.41, 5.74) is 10.5. The Labute approximate surface area is 151 Å². The summed E-state index contributed by atoms with van der Waals surface area (Å²) >= 11 is 0. The van der Waals surface area contributed by atoms with Crippen LogP contribution in [0.2, 0.25) is 0 Å². The van der Waals surface area contributed by atoms with Crippen molar-refractivity contribution < 1.29 is 14.3 Å². The van der Waals surface area contributed by atoms with Gasteiger partial charge in [0.15, 0.2) is 12.0 Å². The van der Waals surface area contributed by atoms with Crippen LogP contribution in [0.5, 0.6) is 5.75 Å². The summed E-state index contributed by atoms with van der Waals surface area (Å²) < 4.78 is 5.85. The Morgan fingerprint density at radius 1 is 1.19 bits per heavy atom. The fourth-order valence-electron chi connectivity index (χ4n) is 2.46. The Bertz CT molecular complexity index is 916. The lowest BCUT2D eigenvalue weighted by Gasteiger charge is -2.10. The molecule has 0 fully saturated rings. The maximum absolute atomic E-state index is 11.3. The van der Waals surface area contributed by atoms with Gasteiger partial charge in [0.25, 0.3) is 0 Å². The summed E-state index contributed by atoms with van der Waals surface area (Å²) in [6.07, 6.45) is 7.07. The van der Waals surface area contributed by atoms with E-state index in [1.807, 2.05) is 25.1 Å². The molecule has 0 saturated carbocycles. The highest BCUT2D eigenvalue weighted by atomic mass is 16.5. The molecule has 4 N–H and O–H groups in total. The number of nitrogens with two attached hydrogens (primary N) is 2. The molecule has 2 heterocycles. The Morgan fingerprint density at radius 3 is 2.54 bits per heavy atom. The molecule has 134 valence electrons. The van der Waals surface area contributed by atoms with E-state index in [0.29, 0.717) is 34.6 Å². The number of benzene rings is 1. The van der Waals surface area contributed by atoms with Gasteiger partial charge >= 0.3 is 0 Å². The minimum atomic E-state index is -0.539. The summed E-state index contributed by atoms with van der Waals surface area (Å²) in [6, 6.07) is 7.33. The molecule has 0 radical (unpaired) electrons. The van der Waals surface area contributed by atoms with E-state index in [9.17, 15) is 9.59 Å². The lowest BCUT2D eigenvalue weighted by atomic mass is 10.1. The number of pyridine rings is 1. The number of carbonyl (C=O) groups is 2. The molecular formula is C19H20N4O3. The van der Waals surface area contributed by atoms with Crippen LogP contribution >= 0.6 is 0 Å². The van der Waals surface area contributed by atoms with Crippen molar-refractivity contribution in [1.29, 1.82) is 0 Å². The predicted octanol–water partition coefficient (Wildman–Crippen LogP) is 1.97. The van der Waals surface area contributed by atoms with E-state index in [2.05, 4.69) is 15.7 Å². The molecule has 0 bridgehead atoms. The zero-order chi connectivity index (χ0) is 19.1.